The first-order valence-corrected chi connectivity index (χ1v) is 7.42. The lowest BCUT2D eigenvalue weighted by Crippen LogP contribution is -2.37. The Morgan fingerprint density at radius 2 is 1.95 bits per heavy atom. The molecule has 1 aromatic carbocycles. The molecule has 0 radical (unpaired) electrons. The molecule has 1 fully saturated rings. The molecule has 1 aliphatic heterocycles. The molecule has 20 heavy (non-hydrogen) atoms. The third kappa shape index (κ3) is 3.30. The first-order chi connectivity index (χ1) is 9.52. The number of halogens is 1. The van der Waals surface area contributed by atoms with E-state index in [0.29, 0.717) is 11.6 Å². The summed E-state index contributed by atoms with van der Waals surface area (Å²) in [7, 11) is 1.87. The van der Waals surface area contributed by atoms with Gasteiger partial charge >= 0.3 is 0 Å². The molecule has 2 atom stereocenters. The highest BCUT2D eigenvalue weighted by Crippen LogP contribution is 2.28. The van der Waals surface area contributed by atoms with Crippen molar-refractivity contribution in [2.45, 2.75) is 38.8 Å². The Balaban J connectivity index is 2.07. The summed E-state index contributed by atoms with van der Waals surface area (Å²) >= 11 is 0. The van der Waals surface area contributed by atoms with Gasteiger partial charge in [0.2, 0.25) is 0 Å². The molecule has 0 bridgehead atoms. The lowest BCUT2D eigenvalue weighted by molar-refractivity contribution is 0.110. The molecule has 2 unspecified atom stereocenters. The number of benzene rings is 1. The number of anilines is 1. The summed E-state index contributed by atoms with van der Waals surface area (Å²) in [5.41, 5.74) is 1.65. The Morgan fingerprint density at radius 3 is 2.45 bits per heavy atom. The number of aliphatic hydroxyl groups excluding tert-OH is 1. The van der Waals surface area contributed by atoms with E-state index in [2.05, 4.69) is 10.2 Å². The highest BCUT2D eigenvalue weighted by molar-refractivity contribution is 5.50. The molecule has 0 spiro atoms. The van der Waals surface area contributed by atoms with Crippen LogP contribution in [0.3, 0.4) is 0 Å². The van der Waals surface area contributed by atoms with Crippen molar-refractivity contribution in [3.05, 3.63) is 29.6 Å². The van der Waals surface area contributed by atoms with Crippen LogP contribution < -0.4 is 10.2 Å². The Hall–Kier alpha value is -1.13. The number of nitrogens with one attached hydrogen (secondary N) is 1. The van der Waals surface area contributed by atoms with Crippen LogP contribution in [0.2, 0.25) is 0 Å². The van der Waals surface area contributed by atoms with Crippen LogP contribution in [-0.2, 0) is 0 Å². The predicted octanol–water partition coefficient (Wildman–Crippen LogP) is 2.70. The molecule has 0 aromatic heterocycles. The fourth-order valence-electron chi connectivity index (χ4n) is 2.84. The lowest BCUT2D eigenvalue weighted by Gasteiger charge is -2.35. The summed E-state index contributed by atoms with van der Waals surface area (Å²) in [6.07, 6.45) is 1.58. The molecule has 0 saturated carbocycles. The van der Waals surface area contributed by atoms with Crippen molar-refractivity contribution < 1.29 is 9.50 Å². The second-order valence-corrected chi connectivity index (χ2v) is 5.79. The van der Waals surface area contributed by atoms with E-state index in [4.69, 9.17) is 0 Å². The summed E-state index contributed by atoms with van der Waals surface area (Å²) in [5.74, 6) is 0.193. The van der Waals surface area contributed by atoms with Crippen LogP contribution in [-0.4, -0.2) is 31.3 Å². The van der Waals surface area contributed by atoms with Crippen molar-refractivity contribution in [3.63, 3.8) is 0 Å². The minimum Gasteiger partial charge on any atom is -0.393 e. The number of nitrogens with zero attached hydrogens (tertiary/aromatic N) is 1. The molecule has 2 N–H and O–H groups in total. The summed E-state index contributed by atoms with van der Waals surface area (Å²) in [6, 6.07) is 5.64. The third-order valence-electron chi connectivity index (χ3n) is 4.47. The van der Waals surface area contributed by atoms with E-state index in [9.17, 15) is 9.50 Å². The SMILES string of the molecule is CNC(C)c1ccc(N2CCC(C(C)O)CC2)c(F)c1. The molecule has 0 amide bonds. The second kappa shape index (κ2) is 6.55. The van der Waals surface area contributed by atoms with Crippen LogP contribution in [0.1, 0.15) is 38.3 Å². The first-order valence-electron chi connectivity index (χ1n) is 7.42. The van der Waals surface area contributed by atoms with Gasteiger partial charge in [0.1, 0.15) is 5.82 Å². The van der Waals surface area contributed by atoms with Gasteiger partial charge in [0.15, 0.2) is 0 Å². The average Bonchev–Trinajstić information content (AvgIpc) is 2.46. The fourth-order valence-corrected chi connectivity index (χ4v) is 2.84. The normalized spacial score (nSPS) is 19.9. The first kappa shape index (κ1) is 15.3. The Morgan fingerprint density at radius 1 is 1.30 bits per heavy atom. The topological polar surface area (TPSA) is 35.5 Å². The van der Waals surface area contributed by atoms with Crippen molar-refractivity contribution in [2.24, 2.45) is 5.92 Å². The molecule has 112 valence electrons. The zero-order valence-electron chi connectivity index (χ0n) is 12.6. The van der Waals surface area contributed by atoms with Gasteiger partial charge in [0.25, 0.3) is 0 Å². The zero-order valence-corrected chi connectivity index (χ0v) is 12.6. The van der Waals surface area contributed by atoms with Gasteiger partial charge in [0.05, 0.1) is 11.8 Å². The van der Waals surface area contributed by atoms with Crippen molar-refractivity contribution >= 4 is 5.69 Å². The summed E-state index contributed by atoms with van der Waals surface area (Å²) in [4.78, 5) is 2.09. The molecule has 3 nitrogen and oxygen atoms in total. The summed E-state index contributed by atoms with van der Waals surface area (Å²) in [6.45, 7) is 5.48. The molecule has 2 rings (SSSR count). The maximum absolute atomic E-state index is 14.3. The second-order valence-electron chi connectivity index (χ2n) is 5.79. The third-order valence-corrected chi connectivity index (χ3v) is 4.47. The number of aliphatic hydroxyl groups is 1. The number of hydrogen-bond donors (Lipinski definition) is 2. The van der Waals surface area contributed by atoms with E-state index in [1.807, 2.05) is 33.0 Å². The zero-order chi connectivity index (χ0) is 14.7. The smallest absolute Gasteiger partial charge is 0.146 e. The van der Waals surface area contributed by atoms with Gasteiger partial charge in [-0.05, 0) is 57.4 Å². The number of hydrogen-bond acceptors (Lipinski definition) is 3. The average molecular weight is 280 g/mol. The predicted molar refractivity (Wildman–Crippen MR) is 80.5 cm³/mol. The van der Waals surface area contributed by atoms with Gasteiger partial charge in [-0.15, -0.1) is 0 Å². The van der Waals surface area contributed by atoms with Gasteiger partial charge in [-0.2, -0.15) is 0 Å². The van der Waals surface area contributed by atoms with E-state index < -0.39 is 0 Å². The molecular weight excluding hydrogens is 255 g/mol. The molecule has 1 aliphatic rings. The quantitative estimate of drug-likeness (QED) is 0.890. The number of rotatable bonds is 4. The van der Waals surface area contributed by atoms with Crippen molar-refractivity contribution in [2.75, 3.05) is 25.0 Å². The maximum Gasteiger partial charge on any atom is 0.146 e. The van der Waals surface area contributed by atoms with Crippen LogP contribution in [0.25, 0.3) is 0 Å². The van der Waals surface area contributed by atoms with Crippen molar-refractivity contribution in [1.29, 1.82) is 0 Å². The van der Waals surface area contributed by atoms with Crippen molar-refractivity contribution in [1.82, 2.24) is 5.32 Å². The van der Waals surface area contributed by atoms with Gasteiger partial charge in [-0.3, -0.25) is 0 Å². The van der Waals surface area contributed by atoms with Gasteiger partial charge in [0, 0.05) is 19.1 Å². The van der Waals surface area contributed by atoms with E-state index in [1.165, 1.54) is 0 Å². The van der Waals surface area contributed by atoms with Gasteiger partial charge in [-0.1, -0.05) is 6.07 Å². The monoisotopic (exact) mass is 280 g/mol. The van der Waals surface area contributed by atoms with Crippen LogP contribution in [0.15, 0.2) is 18.2 Å². The standard InChI is InChI=1S/C16H25FN2O/c1-11(18-3)14-4-5-16(15(17)10-14)19-8-6-13(7-9-19)12(2)20/h4-5,10-13,18,20H,6-9H2,1-3H3. The highest BCUT2D eigenvalue weighted by Gasteiger charge is 2.24. The minimum atomic E-state index is -0.263. The minimum absolute atomic E-state index is 0.152. The molecule has 1 saturated heterocycles. The van der Waals surface area contributed by atoms with Crippen LogP contribution in [0.4, 0.5) is 10.1 Å². The van der Waals surface area contributed by atoms with E-state index in [1.54, 1.807) is 6.07 Å². The Kier molecular flexibility index (Phi) is 5.00. The Labute approximate surface area is 120 Å². The van der Waals surface area contributed by atoms with E-state index in [-0.39, 0.29) is 18.0 Å². The molecule has 4 heteroatoms. The largest absolute Gasteiger partial charge is 0.393 e. The van der Waals surface area contributed by atoms with Gasteiger partial charge in [-0.25, -0.2) is 4.39 Å². The summed E-state index contributed by atoms with van der Waals surface area (Å²) in [5, 5.41) is 12.7. The van der Waals surface area contributed by atoms with Crippen molar-refractivity contribution in [3.8, 4) is 0 Å². The van der Waals surface area contributed by atoms with Crippen LogP contribution in [0, 0.1) is 11.7 Å². The molecule has 1 aromatic rings. The number of piperidine rings is 1. The van der Waals surface area contributed by atoms with Crippen LogP contribution >= 0.6 is 0 Å². The maximum atomic E-state index is 14.3. The fraction of sp³-hybridized carbons (Fsp3) is 0.625. The molecule has 1 heterocycles. The van der Waals surface area contributed by atoms with E-state index >= 15 is 0 Å². The molecule has 0 aliphatic carbocycles. The lowest BCUT2D eigenvalue weighted by atomic mass is 9.92. The highest BCUT2D eigenvalue weighted by atomic mass is 19.1. The Bertz CT molecular complexity index is 442. The van der Waals surface area contributed by atoms with Gasteiger partial charge < -0.3 is 15.3 Å². The molecular formula is C16H25FN2O. The van der Waals surface area contributed by atoms with Crippen LogP contribution in [0.5, 0.6) is 0 Å². The van der Waals surface area contributed by atoms with E-state index in [0.717, 1.165) is 31.5 Å². The summed E-state index contributed by atoms with van der Waals surface area (Å²) < 4.78 is 14.3.